The molecule has 0 atom stereocenters. The first kappa shape index (κ1) is 10.2. The molecular weight excluding hydrogens is 190 g/mol. The number of aromatic nitrogens is 1. The van der Waals surface area contributed by atoms with Crippen LogP contribution in [0.2, 0.25) is 0 Å². The molecule has 15 heavy (non-hydrogen) atoms. The van der Waals surface area contributed by atoms with Crippen molar-refractivity contribution < 1.29 is 9.15 Å². The lowest BCUT2D eigenvalue weighted by atomic mass is 10.1. The lowest BCUT2D eigenvalue weighted by Crippen LogP contribution is -1.93. The summed E-state index contributed by atoms with van der Waals surface area (Å²) in [5, 5.41) is 0. The maximum absolute atomic E-state index is 5.66. The molecule has 0 saturated carbocycles. The number of benzene rings is 1. The van der Waals surface area contributed by atoms with E-state index in [1.54, 1.807) is 7.11 Å². The quantitative estimate of drug-likeness (QED) is 0.772. The summed E-state index contributed by atoms with van der Waals surface area (Å²) in [4.78, 5) is 4.43. The van der Waals surface area contributed by atoms with E-state index < -0.39 is 0 Å². The van der Waals surface area contributed by atoms with Gasteiger partial charge in [0.05, 0.1) is 6.61 Å². The first-order chi connectivity index (χ1) is 7.20. The molecule has 0 spiro atoms. The lowest BCUT2D eigenvalue weighted by Gasteiger charge is -1.95. The smallest absolute Gasteiger partial charge is 0.197 e. The normalized spacial score (nSPS) is 11.1. The van der Waals surface area contributed by atoms with Crippen LogP contribution >= 0.6 is 0 Å². The summed E-state index contributed by atoms with van der Waals surface area (Å²) >= 11 is 0. The molecule has 0 unspecified atom stereocenters. The summed E-state index contributed by atoms with van der Waals surface area (Å²) in [7, 11) is 1.68. The summed E-state index contributed by atoms with van der Waals surface area (Å²) < 4.78 is 10.7. The molecule has 0 aliphatic heterocycles. The monoisotopic (exact) mass is 205 g/mol. The van der Waals surface area contributed by atoms with Gasteiger partial charge in [-0.1, -0.05) is 6.07 Å². The molecule has 0 N–H and O–H groups in total. The van der Waals surface area contributed by atoms with Crippen molar-refractivity contribution >= 4 is 11.1 Å². The van der Waals surface area contributed by atoms with Gasteiger partial charge in [0.1, 0.15) is 5.52 Å². The van der Waals surface area contributed by atoms with E-state index in [4.69, 9.17) is 9.15 Å². The van der Waals surface area contributed by atoms with Gasteiger partial charge < -0.3 is 9.15 Å². The zero-order valence-corrected chi connectivity index (χ0v) is 9.33. The molecule has 0 aliphatic rings. The number of fused-ring (bicyclic) bond motifs is 1. The standard InChI is InChI=1S/C12H15NO2/c1-8-6-9(2)12-10(7-8)13-11(15-12)4-5-14-3/h6-7H,4-5H2,1-3H3. The Morgan fingerprint density at radius 2 is 2.13 bits per heavy atom. The van der Waals surface area contributed by atoms with Crippen molar-refractivity contribution in [1.29, 1.82) is 0 Å². The van der Waals surface area contributed by atoms with Crippen molar-refractivity contribution in [2.45, 2.75) is 20.3 Å². The number of methoxy groups -OCH3 is 1. The highest BCUT2D eigenvalue weighted by Crippen LogP contribution is 2.21. The molecule has 0 bridgehead atoms. The predicted octanol–water partition coefficient (Wildman–Crippen LogP) is 2.63. The second kappa shape index (κ2) is 4.03. The number of hydrogen-bond acceptors (Lipinski definition) is 3. The molecule has 0 amide bonds. The molecule has 3 nitrogen and oxygen atoms in total. The summed E-state index contributed by atoms with van der Waals surface area (Å²) in [5.41, 5.74) is 4.19. The van der Waals surface area contributed by atoms with Crippen molar-refractivity contribution in [1.82, 2.24) is 4.98 Å². The maximum Gasteiger partial charge on any atom is 0.197 e. The van der Waals surface area contributed by atoms with Gasteiger partial charge in [0, 0.05) is 13.5 Å². The number of hydrogen-bond donors (Lipinski definition) is 0. The fraction of sp³-hybridized carbons (Fsp3) is 0.417. The van der Waals surface area contributed by atoms with Crippen LogP contribution in [-0.2, 0) is 11.2 Å². The van der Waals surface area contributed by atoms with Crippen LogP contribution < -0.4 is 0 Å². The van der Waals surface area contributed by atoms with Gasteiger partial charge in [-0.3, -0.25) is 0 Å². The molecule has 0 aliphatic carbocycles. The lowest BCUT2D eigenvalue weighted by molar-refractivity contribution is 0.196. The average molecular weight is 205 g/mol. The Morgan fingerprint density at radius 3 is 2.87 bits per heavy atom. The highest BCUT2D eigenvalue weighted by Gasteiger charge is 2.08. The van der Waals surface area contributed by atoms with Crippen LogP contribution in [0, 0.1) is 13.8 Å². The zero-order chi connectivity index (χ0) is 10.8. The average Bonchev–Trinajstić information content (AvgIpc) is 2.57. The predicted molar refractivity (Wildman–Crippen MR) is 59.1 cm³/mol. The van der Waals surface area contributed by atoms with E-state index in [1.807, 2.05) is 13.0 Å². The van der Waals surface area contributed by atoms with Crippen LogP contribution in [0.5, 0.6) is 0 Å². The number of rotatable bonds is 3. The van der Waals surface area contributed by atoms with Gasteiger partial charge in [-0.05, 0) is 31.0 Å². The third-order valence-electron chi connectivity index (χ3n) is 2.38. The van der Waals surface area contributed by atoms with Crippen molar-refractivity contribution in [3.05, 3.63) is 29.2 Å². The van der Waals surface area contributed by atoms with E-state index in [0.29, 0.717) is 6.61 Å². The van der Waals surface area contributed by atoms with E-state index in [2.05, 4.69) is 18.0 Å². The van der Waals surface area contributed by atoms with Gasteiger partial charge in [-0.15, -0.1) is 0 Å². The van der Waals surface area contributed by atoms with E-state index in [9.17, 15) is 0 Å². The number of nitrogens with zero attached hydrogens (tertiary/aromatic N) is 1. The first-order valence-electron chi connectivity index (χ1n) is 5.06. The van der Waals surface area contributed by atoms with Gasteiger partial charge in [-0.25, -0.2) is 4.98 Å². The summed E-state index contributed by atoms with van der Waals surface area (Å²) in [6.45, 7) is 4.75. The second-order valence-electron chi connectivity index (χ2n) is 3.78. The fourth-order valence-electron chi connectivity index (χ4n) is 1.72. The van der Waals surface area contributed by atoms with E-state index in [0.717, 1.165) is 29.0 Å². The van der Waals surface area contributed by atoms with Crippen LogP contribution in [0.4, 0.5) is 0 Å². The minimum Gasteiger partial charge on any atom is -0.440 e. The molecule has 80 valence electrons. The van der Waals surface area contributed by atoms with Crippen LogP contribution in [0.1, 0.15) is 17.0 Å². The number of aryl methyl sites for hydroxylation is 2. The molecular formula is C12H15NO2. The van der Waals surface area contributed by atoms with Gasteiger partial charge in [0.25, 0.3) is 0 Å². The van der Waals surface area contributed by atoms with E-state index in [-0.39, 0.29) is 0 Å². The minimum atomic E-state index is 0.644. The zero-order valence-electron chi connectivity index (χ0n) is 9.33. The van der Waals surface area contributed by atoms with Gasteiger partial charge >= 0.3 is 0 Å². The van der Waals surface area contributed by atoms with Crippen molar-refractivity contribution in [3.8, 4) is 0 Å². The molecule has 1 heterocycles. The van der Waals surface area contributed by atoms with Crippen molar-refractivity contribution in [2.24, 2.45) is 0 Å². The molecule has 2 aromatic rings. The number of ether oxygens (including phenoxy) is 1. The fourth-order valence-corrected chi connectivity index (χ4v) is 1.72. The summed E-state index contributed by atoms with van der Waals surface area (Å²) in [5.74, 6) is 0.751. The Balaban J connectivity index is 2.41. The maximum atomic E-state index is 5.66. The largest absolute Gasteiger partial charge is 0.440 e. The highest BCUT2D eigenvalue weighted by atomic mass is 16.5. The van der Waals surface area contributed by atoms with Crippen molar-refractivity contribution in [2.75, 3.05) is 13.7 Å². The van der Waals surface area contributed by atoms with Crippen molar-refractivity contribution in [3.63, 3.8) is 0 Å². The Morgan fingerprint density at radius 1 is 1.33 bits per heavy atom. The SMILES string of the molecule is COCCc1nc2cc(C)cc(C)c2o1. The Hall–Kier alpha value is -1.35. The molecule has 0 radical (unpaired) electrons. The Kier molecular flexibility index (Phi) is 2.73. The molecule has 2 rings (SSSR count). The third kappa shape index (κ3) is 2.02. The van der Waals surface area contributed by atoms with E-state index in [1.165, 1.54) is 5.56 Å². The Labute approximate surface area is 89.1 Å². The van der Waals surface area contributed by atoms with Crippen LogP contribution in [-0.4, -0.2) is 18.7 Å². The molecule has 0 saturated heterocycles. The summed E-state index contributed by atoms with van der Waals surface area (Å²) in [6.07, 6.45) is 0.726. The first-order valence-corrected chi connectivity index (χ1v) is 5.06. The Bertz CT molecular complexity index is 474. The highest BCUT2D eigenvalue weighted by molar-refractivity contribution is 5.77. The van der Waals surface area contributed by atoms with Gasteiger partial charge in [-0.2, -0.15) is 0 Å². The summed E-state index contributed by atoms with van der Waals surface area (Å²) in [6, 6.07) is 4.15. The minimum absolute atomic E-state index is 0.644. The topological polar surface area (TPSA) is 35.3 Å². The molecule has 1 aromatic carbocycles. The molecule has 0 fully saturated rings. The number of oxazole rings is 1. The van der Waals surface area contributed by atoms with Gasteiger partial charge in [0.2, 0.25) is 0 Å². The second-order valence-corrected chi connectivity index (χ2v) is 3.78. The third-order valence-corrected chi connectivity index (χ3v) is 2.38. The van der Waals surface area contributed by atoms with Crippen LogP contribution in [0.25, 0.3) is 11.1 Å². The van der Waals surface area contributed by atoms with Gasteiger partial charge in [0.15, 0.2) is 11.5 Å². The molecule has 3 heteroatoms. The van der Waals surface area contributed by atoms with E-state index >= 15 is 0 Å². The van der Waals surface area contributed by atoms with Crippen LogP contribution in [0.15, 0.2) is 16.5 Å². The van der Waals surface area contributed by atoms with Crippen LogP contribution in [0.3, 0.4) is 0 Å². The molecule has 1 aromatic heterocycles.